The Morgan fingerprint density at radius 1 is 1.33 bits per heavy atom. The van der Waals surface area contributed by atoms with Crippen molar-refractivity contribution in [2.24, 2.45) is 7.05 Å². The van der Waals surface area contributed by atoms with Crippen molar-refractivity contribution in [3.05, 3.63) is 30.0 Å². The fourth-order valence-electron chi connectivity index (χ4n) is 2.97. The molecule has 2 aromatic rings. The van der Waals surface area contributed by atoms with Gasteiger partial charge in [0.25, 0.3) is 0 Å². The standard InChI is InChI=1S/C15H20N2O/c1-17-13-7-5-8-15(18-2)11(13)10-14(17)12-6-3-4-9-16-12/h5,7-8,10,12,16H,3-4,6,9H2,1-2H3. The normalized spacial score (nSPS) is 20.2. The zero-order valence-corrected chi connectivity index (χ0v) is 11.1. The highest BCUT2D eigenvalue weighted by atomic mass is 16.5. The van der Waals surface area contributed by atoms with Crippen LogP contribution < -0.4 is 10.1 Å². The summed E-state index contributed by atoms with van der Waals surface area (Å²) in [5.41, 5.74) is 2.62. The fourth-order valence-corrected chi connectivity index (χ4v) is 2.97. The van der Waals surface area contributed by atoms with E-state index in [1.807, 2.05) is 6.07 Å². The van der Waals surface area contributed by atoms with Gasteiger partial charge in [-0.15, -0.1) is 0 Å². The molecule has 3 rings (SSSR count). The van der Waals surface area contributed by atoms with Crippen LogP contribution in [0.1, 0.15) is 31.0 Å². The number of nitrogens with one attached hydrogen (secondary N) is 1. The van der Waals surface area contributed by atoms with Crippen molar-refractivity contribution in [2.45, 2.75) is 25.3 Å². The molecule has 18 heavy (non-hydrogen) atoms. The second-order valence-corrected chi connectivity index (χ2v) is 5.02. The van der Waals surface area contributed by atoms with E-state index in [9.17, 15) is 0 Å². The van der Waals surface area contributed by atoms with Crippen LogP contribution in [0, 0.1) is 0 Å². The highest BCUT2D eigenvalue weighted by Gasteiger charge is 2.19. The Morgan fingerprint density at radius 2 is 2.22 bits per heavy atom. The molecule has 1 saturated heterocycles. The van der Waals surface area contributed by atoms with Crippen LogP contribution in [0.2, 0.25) is 0 Å². The zero-order valence-electron chi connectivity index (χ0n) is 11.1. The molecule has 1 atom stereocenters. The number of hydrogen-bond donors (Lipinski definition) is 1. The van der Waals surface area contributed by atoms with Crippen LogP contribution in [0.4, 0.5) is 0 Å². The second-order valence-electron chi connectivity index (χ2n) is 5.02. The number of piperidine rings is 1. The minimum absolute atomic E-state index is 0.487. The summed E-state index contributed by atoms with van der Waals surface area (Å²) >= 11 is 0. The van der Waals surface area contributed by atoms with Crippen LogP contribution in [-0.4, -0.2) is 18.2 Å². The lowest BCUT2D eigenvalue weighted by atomic mass is 10.0. The molecule has 3 heteroatoms. The first-order chi connectivity index (χ1) is 8.81. The first-order valence-corrected chi connectivity index (χ1v) is 6.67. The third kappa shape index (κ3) is 1.79. The number of benzene rings is 1. The average molecular weight is 244 g/mol. The molecule has 0 aliphatic carbocycles. The smallest absolute Gasteiger partial charge is 0.128 e. The van der Waals surface area contributed by atoms with Gasteiger partial charge in [-0.3, -0.25) is 0 Å². The topological polar surface area (TPSA) is 26.2 Å². The molecule has 0 saturated carbocycles. The first-order valence-electron chi connectivity index (χ1n) is 6.67. The molecule has 0 radical (unpaired) electrons. The molecule has 1 aliphatic heterocycles. The number of hydrogen-bond acceptors (Lipinski definition) is 2. The van der Waals surface area contributed by atoms with Gasteiger partial charge in [0.15, 0.2) is 0 Å². The summed E-state index contributed by atoms with van der Waals surface area (Å²) in [5.74, 6) is 0.963. The van der Waals surface area contributed by atoms with E-state index in [4.69, 9.17) is 4.74 Å². The Kier molecular flexibility index (Phi) is 3.00. The van der Waals surface area contributed by atoms with Gasteiger partial charge in [0.2, 0.25) is 0 Å². The monoisotopic (exact) mass is 244 g/mol. The average Bonchev–Trinajstić information content (AvgIpc) is 2.77. The molecule has 3 nitrogen and oxygen atoms in total. The first kappa shape index (κ1) is 11.6. The number of nitrogens with zero attached hydrogens (tertiary/aromatic N) is 1. The molecular weight excluding hydrogens is 224 g/mol. The molecule has 1 N–H and O–H groups in total. The van der Waals surface area contributed by atoms with Crippen molar-refractivity contribution < 1.29 is 4.74 Å². The summed E-state index contributed by atoms with van der Waals surface area (Å²) in [6.45, 7) is 1.13. The maximum Gasteiger partial charge on any atom is 0.128 e. The summed E-state index contributed by atoms with van der Waals surface area (Å²) in [7, 11) is 3.88. The molecule has 2 heterocycles. The molecule has 0 amide bonds. The van der Waals surface area contributed by atoms with Gasteiger partial charge in [0.05, 0.1) is 12.6 Å². The fraction of sp³-hybridized carbons (Fsp3) is 0.467. The number of ether oxygens (including phenoxy) is 1. The van der Waals surface area contributed by atoms with Crippen molar-refractivity contribution in [3.8, 4) is 5.75 Å². The summed E-state index contributed by atoms with van der Waals surface area (Å²) in [5, 5.41) is 4.83. The van der Waals surface area contributed by atoms with Gasteiger partial charge in [-0.05, 0) is 37.6 Å². The Morgan fingerprint density at radius 3 is 2.94 bits per heavy atom. The van der Waals surface area contributed by atoms with Gasteiger partial charge in [0.1, 0.15) is 5.75 Å². The predicted octanol–water partition coefficient (Wildman–Crippen LogP) is 3.00. The van der Waals surface area contributed by atoms with E-state index in [0.717, 1.165) is 12.3 Å². The molecule has 96 valence electrons. The molecule has 1 fully saturated rings. The van der Waals surface area contributed by atoms with E-state index in [0.29, 0.717) is 6.04 Å². The van der Waals surface area contributed by atoms with Crippen LogP contribution in [0.15, 0.2) is 24.3 Å². The van der Waals surface area contributed by atoms with Crippen LogP contribution >= 0.6 is 0 Å². The van der Waals surface area contributed by atoms with Gasteiger partial charge in [-0.25, -0.2) is 0 Å². The highest BCUT2D eigenvalue weighted by molar-refractivity contribution is 5.87. The molecule has 1 aliphatic rings. The van der Waals surface area contributed by atoms with Crippen LogP contribution in [0.25, 0.3) is 10.9 Å². The lowest BCUT2D eigenvalue weighted by molar-refractivity contribution is 0.399. The number of rotatable bonds is 2. The lowest BCUT2D eigenvalue weighted by Crippen LogP contribution is -2.28. The predicted molar refractivity (Wildman–Crippen MR) is 74.1 cm³/mol. The van der Waals surface area contributed by atoms with Crippen molar-refractivity contribution in [2.75, 3.05) is 13.7 Å². The van der Waals surface area contributed by atoms with Gasteiger partial charge >= 0.3 is 0 Å². The largest absolute Gasteiger partial charge is 0.496 e. The summed E-state index contributed by atoms with van der Waals surface area (Å²) < 4.78 is 7.74. The maximum absolute atomic E-state index is 5.45. The molecule has 1 aromatic heterocycles. The number of methoxy groups -OCH3 is 1. The second kappa shape index (κ2) is 4.65. The van der Waals surface area contributed by atoms with E-state index >= 15 is 0 Å². The van der Waals surface area contributed by atoms with Gasteiger partial charge < -0.3 is 14.6 Å². The number of fused-ring (bicyclic) bond motifs is 1. The van der Waals surface area contributed by atoms with Crippen molar-refractivity contribution >= 4 is 10.9 Å². The van der Waals surface area contributed by atoms with Gasteiger partial charge in [0, 0.05) is 24.2 Å². The SMILES string of the molecule is COc1cccc2c1cc(C1CCCCN1)n2C. The minimum Gasteiger partial charge on any atom is -0.496 e. The summed E-state index contributed by atoms with van der Waals surface area (Å²) in [4.78, 5) is 0. The third-order valence-corrected chi connectivity index (χ3v) is 3.97. The van der Waals surface area contributed by atoms with Crippen LogP contribution in [0.3, 0.4) is 0 Å². The van der Waals surface area contributed by atoms with Gasteiger partial charge in [-0.2, -0.15) is 0 Å². The van der Waals surface area contributed by atoms with Crippen molar-refractivity contribution in [1.82, 2.24) is 9.88 Å². The number of aromatic nitrogens is 1. The van der Waals surface area contributed by atoms with Crippen molar-refractivity contribution in [1.29, 1.82) is 0 Å². The Labute approximate surface area is 108 Å². The Balaban J connectivity index is 2.09. The van der Waals surface area contributed by atoms with E-state index in [1.54, 1.807) is 7.11 Å². The van der Waals surface area contributed by atoms with Crippen LogP contribution in [0.5, 0.6) is 5.75 Å². The lowest BCUT2D eigenvalue weighted by Gasteiger charge is -2.24. The molecule has 0 spiro atoms. The highest BCUT2D eigenvalue weighted by Crippen LogP contribution is 2.32. The van der Waals surface area contributed by atoms with E-state index in [2.05, 4.69) is 35.1 Å². The van der Waals surface area contributed by atoms with E-state index in [-0.39, 0.29) is 0 Å². The zero-order chi connectivity index (χ0) is 12.5. The van der Waals surface area contributed by atoms with E-state index in [1.165, 1.54) is 35.9 Å². The summed E-state index contributed by atoms with van der Waals surface area (Å²) in [6.07, 6.45) is 3.84. The molecular formula is C15H20N2O. The quantitative estimate of drug-likeness (QED) is 0.879. The Bertz CT molecular complexity index is 553. The molecule has 1 aromatic carbocycles. The van der Waals surface area contributed by atoms with Crippen LogP contribution in [-0.2, 0) is 7.05 Å². The molecule has 0 bridgehead atoms. The Hall–Kier alpha value is -1.48. The molecule has 1 unspecified atom stereocenters. The third-order valence-electron chi connectivity index (χ3n) is 3.97. The van der Waals surface area contributed by atoms with Gasteiger partial charge in [-0.1, -0.05) is 12.5 Å². The number of aryl methyl sites for hydroxylation is 1. The maximum atomic E-state index is 5.45. The van der Waals surface area contributed by atoms with E-state index < -0.39 is 0 Å². The summed E-state index contributed by atoms with van der Waals surface area (Å²) in [6, 6.07) is 9.00. The van der Waals surface area contributed by atoms with Crippen molar-refractivity contribution in [3.63, 3.8) is 0 Å². The minimum atomic E-state index is 0.487.